The molecule has 0 N–H and O–H groups in total. The number of furan rings is 1. The Hall–Kier alpha value is -2.56. The van der Waals surface area contributed by atoms with Crippen LogP contribution in [0.2, 0.25) is 0 Å². The lowest BCUT2D eigenvalue weighted by Crippen LogP contribution is -1.84. The second-order valence-electron chi connectivity index (χ2n) is 3.74. The summed E-state index contributed by atoms with van der Waals surface area (Å²) in [5.41, 5.74) is 2.87. The van der Waals surface area contributed by atoms with Crippen molar-refractivity contribution in [2.24, 2.45) is 0 Å². The van der Waals surface area contributed by atoms with Crippen LogP contribution >= 0.6 is 0 Å². The molecule has 5 nitrogen and oxygen atoms in total. The fourth-order valence-electron chi connectivity index (χ4n) is 1.96. The van der Waals surface area contributed by atoms with Crippen LogP contribution in [0.1, 0.15) is 0 Å². The lowest BCUT2D eigenvalue weighted by Gasteiger charge is -1.94. The second-order valence-corrected chi connectivity index (χ2v) is 3.74. The van der Waals surface area contributed by atoms with E-state index < -0.39 is 0 Å². The Kier molecular flexibility index (Phi) is 1.50. The Morgan fingerprint density at radius 1 is 1.00 bits per heavy atom. The summed E-state index contributed by atoms with van der Waals surface area (Å²) in [4.78, 5) is 16.6. The first-order valence-corrected chi connectivity index (χ1v) is 5.15. The minimum atomic E-state index is 0.593. The van der Waals surface area contributed by atoms with Crippen molar-refractivity contribution in [3.05, 3.63) is 37.1 Å². The molecule has 0 amide bonds. The van der Waals surface area contributed by atoms with Crippen LogP contribution in [0.3, 0.4) is 0 Å². The molecule has 0 fully saturated rings. The lowest BCUT2D eigenvalue weighted by atomic mass is 10.2. The monoisotopic (exact) mass is 222 g/mol. The molecule has 0 spiro atoms. The zero-order valence-corrected chi connectivity index (χ0v) is 8.66. The molecule has 0 saturated heterocycles. The maximum atomic E-state index is 5.63. The minimum Gasteiger partial charge on any atom is -0.436 e. The molecule has 80 valence electrons. The van der Waals surface area contributed by atoms with Gasteiger partial charge >= 0.3 is 0 Å². The highest BCUT2D eigenvalue weighted by atomic mass is 16.3. The summed E-state index contributed by atoms with van der Waals surface area (Å²) in [7, 11) is 0. The smallest absolute Gasteiger partial charge is 0.228 e. The van der Waals surface area contributed by atoms with E-state index in [1.807, 2.05) is 12.1 Å². The van der Waals surface area contributed by atoms with Gasteiger partial charge in [-0.15, -0.1) is 0 Å². The third-order valence-corrected chi connectivity index (χ3v) is 2.74. The number of nitrogens with zero attached hydrogens (tertiary/aromatic N) is 4. The van der Waals surface area contributed by atoms with E-state index in [1.165, 1.54) is 6.33 Å². The molecular formula is C12H6N4O. The van der Waals surface area contributed by atoms with E-state index in [0.29, 0.717) is 5.71 Å². The highest BCUT2D eigenvalue weighted by Crippen LogP contribution is 2.28. The predicted molar refractivity (Wildman–Crippen MR) is 62.4 cm³/mol. The topological polar surface area (TPSA) is 64.7 Å². The highest BCUT2D eigenvalue weighted by molar-refractivity contribution is 6.06. The Morgan fingerprint density at radius 3 is 3.00 bits per heavy atom. The molecule has 0 saturated carbocycles. The standard InChI is InChI=1S/C12H6N4O/c1-2-13-5-11-7(1)8-3-9-10(4-14-6-15-9)16-12(8)17-11/h1-6H. The average molecular weight is 222 g/mol. The molecule has 4 aromatic rings. The van der Waals surface area contributed by atoms with Crippen molar-refractivity contribution in [2.75, 3.05) is 0 Å². The van der Waals surface area contributed by atoms with Gasteiger partial charge < -0.3 is 4.42 Å². The van der Waals surface area contributed by atoms with Crippen molar-refractivity contribution in [3.8, 4) is 0 Å². The van der Waals surface area contributed by atoms with Gasteiger partial charge in [-0.05, 0) is 12.1 Å². The van der Waals surface area contributed by atoms with E-state index in [9.17, 15) is 0 Å². The first-order valence-electron chi connectivity index (χ1n) is 5.15. The van der Waals surface area contributed by atoms with E-state index >= 15 is 0 Å². The molecular weight excluding hydrogens is 216 g/mol. The molecule has 17 heavy (non-hydrogen) atoms. The summed E-state index contributed by atoms with van der Waals surface area (Å²) < 4.78 is 5.63. The summed E-state index contributed by atoms with van der Waals surface area (Å²) in [6.45, 7) is 0. The fraction of sp³-hybridized carbons (Fsp3) is 0. The third-order valence-electron chi connectivity index (χ3n) is 2.74. The molecule has 0 aliphatic rings. The van der Waals surface area contributed by atoms with Gasteiger partial charge in [0.2, 0.25) is 5.71 Å². The Morgan fingerprint density at radius 2 is 2.00 bits per heavy atom. The van der Waals surface area contributed by atoms with Gasteiger partial charge in [0.15, 0.2) is 5.58 Å². The largest absolute Gasteiger partial charge is 0.436 e. The number of pyridine rings is 2. The van der Waals surface area contributed by atoms with Crippen molar-refractivity contribution in [1.29, 1.82) is 0 Å². The maximum absolute atomic E-state index is 5.63. The summed E-state index contributed by atoms with van der Waals surface area (Å²) in [6.07, 6.45) is 6.61. The van der Waals surface area contributed by atoms with Crippen LogP contribution in [0.15, 0.2) is 41.5 Å². The molecule has 4 heterocycles. The van der Waals surface area contributed by atoms with Gasteiger partial charge in [-0.25, -0.2) is 15.0 Å². The van der Waals surface area contributed by atoms with Gasteiger partial charge in [-0.1, -0.05) is 0 Å². The molecule has 0 radical (unpaired) electrons. The summed E-state index contributed by atoms with van der Waals surface area (Å²) in [5, 5.41) is 1.96. The van der Waals surface area contributed by atoms with Crippen LogP contribution in [0.25, 0.3) is 33.1 Å². The zero-order valence-electron chi connectivity index (χ0n) is 8.66. The zero-order chi connectivity index (χ0) is 11.2. The van der Waals surface area contributed by atoms with E-state index in [0.717, 1.165) is 27.4 Å². The molecule has 5 heteroatoms. The quantitative estimate of drug-likeness (QED) is 0.456. The first kappa shape index (κ1) is 8.58. The number of fused-ring (bicyclic) bond motifs is 4. The molecule has 0 aliphatic heterocycles. The van der Waals surface area contributed by atoms with Gasteiger partial charge in [0.25, 0.3) is 0 Å². The molecule has 4 aromatic heterocycles. The lowest BCUT2D eigenvalue weighted by molar-refractivity contribution is 0.654. The Bertz CT molecular complexity index is 847. The highest BCUT2D eigenvalue weighted by Gasteiger charge is 2.09. The Balaban J connectivity index is 2.28. The minimum absolute atomic E-state index is 0.593. The fourth-order valence-corrected chi connectivity index (χ4v) is 1.96. The molecule has 0 unspecified atom stereocenters. The summed E-state index contributed by atoms with van der Waals surface area (Å²) >= 11 is 0. The normalized spacial score (nSPS) is 11.5. The van der Waals surface area contributed by atoms with E-state index in [-0.39, 0.29) is 0 Å². The van der Waals surface area contributed by atoms with Crippen LogP contribution < -0.4 is 0 Å². The van der Waals surface area contributed by atoms with Crippen molar-refractivity contribution in [2.45, 2.75) is 0 Å². The molecule has 4 rings (SSSR count). The van der Waals surface area contributed by atoms with Crippen LogP contribution in [0.4, 0.5) is 0 Å². The van der Waals surface area contributed by atoms with Gasteiger partial charge in [-0.2, -0.15) is 0 Å². The van der Waals surface area contributed by atoms with E-state index in [4.69, 9.17) is 4.42 Å². The van der Waals surface area contributed by atoms with Gasteiger partial charge in [0.1, 0.15) is 11.8 Å². The van der Waals surface area contributed by atoms with Gasteiger partial charge in [0.05, 0.1) is 23.3 Å². The average Bonchev–Trinajstić information content (AvgIpc) is 2.73. The molecule has 0 atom stereocenters. The van der Waals surface area contributed by atoms with Crippen LogP contribution in [0.5, 0.6) is 0 Å². The second kappa shape index (κ2) is 2.98. The van der Waals surface area contributed by atoms with Crippen molar-refractivity contribution >= 4 is 33.1 Å². The first-order chi connectivity index (χ1) is 8.42. The summed E-state index contributed by atoms with van der Waals surface area (Å²) in [6, 6.07) is 3.88. The Labute approximate surface area is 95.1 Å². The van der Waals surface area contributed by atoms with Crippen LogP contribution in [0, 0.1) is 0 Å². The van der Waals surface area contributed by atoms with Crippen molar-refractivity contribution in [1.82, 2.24) is 19.9 Å². The van der Waals surface area contributed by atoms with Gasteiger partial charge in [-0.3, -0.25) is 4.98 Å². The van der Waals surface area contributed by atoms with Crippen LogP contribution in [-0.4, -0.2) is 19.9 Å². The van der Waals surface area contributed by atoms with Gasteiger partial charge in [0, 0.05) is 11.6 Å². The molecule has 0 aliphatic carbocycles. The number of hydrogen-bond donors (Lipinski definition) is 0. The molecule has 0 aromatic carbocycles. The predicted octanol–water partition coefficient (Wildman–Crippen LogP) is 2.32. The van der Waals surface area contributed by atoms with Crippen molar-refractivity contribution < 1.29 is 4.42 Å². The van der Waals surface area contributed by atoms with Crippen LogP contribution in [-0.2, 0) is 0 Å². The van der Waals surface area contributed by atoms with Crippen molar-refractivity contribution in [3.63, 3.8) is 0 Å². The van der Waals surface area contributed by atoms with E-state index in [1.54, 1.807) is 18.6 Å². The van der Waals surface area contributed by atoms with E-state index in [2.05, 4.69) is 19.9 Å². The third kappa shape index (κ3) is 1.13. The number of rotatable bonds is 0. The number of hydrogen-bond acceptors (Lipinski definition) is 5. The molecule has 0 bridgehead atoms. The SMILES string of the molecule is c1cc2c(cn1)oc1nc3cncnc3cc12. The summed E-state index contributed by atoms with van der Waals surface area (Å²) in [5.74, 6) is 0. The maximum Gasteiger partial charge on any atom is 0.228 e. The number of aromatic nitrogens is 4.